The van der Waals surface area contributed by atoms with E-state index in [1.807, 2.05) is 51.1 Å². The van der Waals surface area contributed by atoms with Crippen molar-refractivity contribution < 1.29 is 19.3 Å². The van der Waals surface area contributed by atoms with E-state index in [1.54, 1.807) is 6.07 Å². The van der Waals surface area contributed by atoms with Gasteiger partial charge in [0.05, 0.1) is 5.41 Å². The number of nitrogens with one attached hydrogen (secondary N) is 2. The maximum absolute atomic E-state index is 13.2. The fourth-order valence-corrected chi connectivity index (χ4v) is 4.50. The van der Waals surface area contributed by atoms with Gasteiger partial charge in [0.25, 0.3) is 0 Å². The maximum Gasteiger partial charge on any atom is 0.235 e. The van der Waals surface area contributed by atoms with Crippen molar-refractivity contribution in [1.82, 2.24) is 0 Å². The monoisotopic (exact) mass is 426 g/mol. The molecule has 156 valence electrons. The van der Waals surface area contributed by atoms with Crippen LogP contribution in [-0.2, 0) is 10.2 Å². The minimum Gasteiger partial charge on any atom is -0.624 e. The highest BCUT2D eigenvalue weighted by Gasteiger charge is 2.51. The molecule has 1 fully saturated rings. The summed E-state index contributed by atoms with van der Waals surface area (Å²) in [6.45, 7) is 6.21. The van der Waals surface area contributed by atoms with Crippen molar-refractivity contribution >= 4 is 35.0 Å². The maximum atomic E-state index is 13.2. The summed E-state index contributed by atoms with van der Waals surface area (Å²) >= 11 is 6.44. The highest BCUT2D eigenvalue weighted by Crippen LogP contribution is 2.51. The molecule has 2 aromatic carbocycles. The molecule has 1 amide bonds. The smallest absolute Gasteiger partial charge is 0.235 e. The zero-order valence-corrected chi connectivity index (χ0v) is 17.9. The summed E-state index contributed by atoms with van der Waals surface area (Å²) in [7, 11) is 0. The van der Waals surface area contributed by atoms with Crippen molar-refractivity contribution in [3.05, 3.63) is 57.4 Å². The number of hydrogen-bond acceptors (Lipinski definition) is 4. The molecule has 5 rings (SSSR count). The number of ether oxygens (including phenoxy) is 2. The Kier molecular flexibility index (Phi) is 4.19. The number of quaternary nitrogens is 1. The third-order valence-electron chi connectivity index (χ3n) is 6.07. The molecule has 1 unspecified atom stereocenters. The average Bonchev–Trinajstić information content (AvgIpc) is 3.22. The van der Waals surface area contributed by atoms with E-state index < -0.39 is 5.41 Å². The number of carbonyl (C=O) groups excluding carboxylic acids is 1. The van der Waals surface area contributed by atoms with Crippen LogP contribution in [0.15, 0.2) is 36.0 Å². The van der Waals surface area contributed by atoms with Gasteiger partial charge in [-0.3, -0.25) is 4.79 Å². The van der Waals surface area contributed by atoms with E-state index in [2.05, 4.69) is 5.32 Å². The van der Waals surface area contributed by atoms with Gasteiger partial charge in [-0.1, -0.05) is 38.4 Å². The number of anilines is 1. The van der Waals surface area contributed by atoms with Crippen LogP contribution in [0.4, 0.5) is 11.4 Å². The van der Waals surface area contributed by atoms with Crippen LogP contribution < -0.4 is 19.9 Å². The fraction of sp³-hybridized carbons (Fsp3) is 0.348. The first kappa shape index (κ1) is 19.4. The normalized spacial score (nSPS) is 20.6. The van der Waals surface area contributed by atoms with E-state index in [9.17, 15) is 10.0 Å². The van der Waals surface area contributed by atoms with E-state index in [1.165, 1.54) is 0 Å². The highest BCUT2D eigenvalue weighted by atomic mass is 35.5. The summed E-state index contributed by atoms with van der Waals surface area (Å²) < 4.78 is 10.8. The van der Waals surface area contributed by atoms with Crippen LogP contribution in [0.25, 0.3) is 6.08 Å². The van der Waals surface area contributed by atoms with E-state index in [4.69, 9.17) is 21.1 Å². The van der Waals surface area contributed by atoms with Gasteiger partial charge < -0.3 is 25.1 Å². The van der Waals surface area contributed by atoms with E-state index in [0.29, 0.717) is 27.9 Å². The summed E-state index contributed by atoms with van der Waals surface area (Å²) in [4.78, 5) is 13.2. The molecule has 2 aliphatic heterocycles. The molecular weight excluding hydrogens is 404 g/mol. The van der Waals surface area contributed by atoms with E-state index in [-0.39, 0.29) is 23.2 Å². The predicted molar refractivity (Wildman–Crippen MR) is 115 cm³/mol. The topological polar surface area (TPSA) is 75.1 Å². The van der Waals surface area contributed by atoms with Gasteiger partial charge in [-0.25, -0.2) is 0 Å². The second-order valence-corrected chi connectivity index (χ2v) is 9.57. The number of hydrogen-bond donors (Lipinski definition) is 2. The third-order valence-corrected chi connectivity index (χ3v) is 6.37. The molecule has 7 heteroatoms. The van der Waals surface area contributed by atoms with Crippen LogP contribution >= 0.6 is 11.6 Å². The molecule has 2 heterocycles. The number of halogens is 1. The summed E-state index contributed by atoms with van der Waals surface area (Å²) in [6, 6.07) is 9.15. The molecule has 0 radical (unpaired) electrons. The van der Waals surface area contributed by atoms with Gasteiger partial charge >= 0.3 is 0 Å². The quantitative estimate of drug-likeness (QED) is 0.723. The van der Waals surface area contributed by atoms with Crippen molar-refractivity contribution in [2.45, 2.75) is 39.0 Å². The lowest BCUT2D eigenvalue weighted by atomic mass is 9.92. The van der Waals surface area contributed by atoms with Crippen LogP contribution in [0.3, 0.4) is 0 Å². The van der Waals surface area contributed by atoms with Gasteiger partial charge in [0.2, 0.25) is 12.7 Å². The van der Waals surface area contributed by atoms with Gasteiger partial charge in [0, 0.05) is 22.7 Å². The average molecular weight is 427 g/mol. The molecule has 3 aliphatic rings. The highest BCUT2D eigenvalue weighted by molar-refractivity contribution is 6.33. The first-order chi connectivity index (χ1) is 14.2. The summed E-state index contributed by atoms with van der Waals surface area (Å²) in [6.07, 6.45) is 3.41. The Morgan fingerprint density at radius 1 is 1.17 bits per heavy atom. The van der Waals surface area contributed by atoms with Gasteiger partial charge in [-0.05, 0) is 42.7 Å². The van der Waals surface area contributed by atoms with Gasteiger partial charge in [-0.15, -0.1) is 0 Å². The van der Waals surface area contributed by atoms with Crippen LogP contribution in [0, 0.1) is 10.6 Å². The second-order valence-electron chi connectivity index (χ2n) is 9.16. The molecule has 0 saturated heterocycles. The van der Waals surface area contributed by atoms with Crippen molar-refractivity contribution in [3.63, 3.8) is 0 Å². The van der Waals surface area contributed by atoms with Crippen molar-refractivity contribution in [1.29, 1.82) is 0 Å². The zero-order chi connectivity index (χ0) is 21.3. The lowest BCUT2D eigenvalue weighted by Crippen LogP contribution is -3.00. The van der Waals surface area contributed by atoms with Crippen LogP contribution in [-0.4, -0.2) is 12.7 Å². The molecule has 1 saturated carbocycles. The van der Waals surface area contributed by atoms with E-state index >= 15 is 0 Å². The van der Waals surface area contributed by atoms with Gasteiger partial charge in [0.15, 0.2) is 17.2 Å². The molecular formula is C23H23ClN2O4. The van der Waals surface area contributed by atoms with Gasteiger partial charge in [0.1, 0.15) is 10.7 Å². The number of hydroxylamine groups is 1. The molecule has 6 nitrogen and oxygen atoms in total. The first-order valence-corrected chi connectivity index (χ1v) is 10.4. The lowest BCUT2D eigenvalue weighted by Gasteiger charge is -2.29. The Hall–Kier alpha value is -2.54. The predicted octanol–water partition coefficient (Wildman–Crippen LogP) is 4.15. The molecule has 1 aliphatic carbocycles. The Morgan fingerprint density at radius 3 is 2.60 bits per heavy atom. The Balaban J connectivity index is 1.43. The number of amides is 1. The number of allylic oxidation sites excluding steroid dienone is 1. The standard InChI is InChI=1S/C23H23ClN2O4/c1-22(2,3)19-9-13-8-15(11-16(24)20(13)26(19)28)25-21(27)23(6-7-23)14-4-5-17-18(10-14)30-12-29-17/h4-5,8-11,26H,6-7,12H2,1-3H3,(H,25,27). The molecule has 2 aromatic rings. The summed E-state index contributed by atoms with van der Waals surface area (Å²) in [5, 5.41) is 16.1. The van der Waals surface area contributed by atoms with Crippen LogP contribution in [0.2, 0.25) is 5.02 Å². The summed E-state index contributed by atoms with van der Waals surface area (Å²) in [5.74, 6) is 1.29. The van der Waals surface area contributed by atoms with Crippen molar-refractivity contribution in [2.75, 3.05) is 12.1 Å². The summed E-state index contributed by atoms with van der Waals surface area (Å²) in [5.41, 5.74) is 2.64. The number of benzene rings is 2. The van der Waals surface area contributed by atoms with Crippen LogP contribution in [0.1, 0.15) is 44.7 Å². The SMILES string of the molecule is CC(C)(C)C1=Cc2cc(NC(=O)C3(c4ccc5c(c4)OCO5)CC3)cc(Cl)c2[NH+]1[O-]. The first-order valence-electron chi connectivity index (χ1n) is 10.0. The molecule has 0 bridgehead atoms. The van der Waals surface area contributed by atoms with Crippen molar-refractivity contribution in [3.8, 4) is 11.5 Å². The Labute approximate surface area is 180 Å². The number of fused-ring (bicyclic) bond motifs is 2. The number of carbonyl (C=O) groups is 1. The molecule has 0 aromatic heterocycles. The fourth-order valence-electron chi connectivity index (χ4n) is 4.18. The molecule has 1 atom stereocenters. The minimum absolute atomic E-state index is 0.0422. The second kappa shape index (κ2) is 6.48. The third kappa shape index (κ3) is 2.98. The molecule has 30 heavy (non-hydrogen) atoms. The Bertz CT molecular complexity index is 1100. The van der Waals surface area contributed by atoms with Crippen LogP contribution in [0.5, 0.6) is 11.5 Å². The largest absolute Gasteiger partial charge is 0.624 e. The Morgan fingerprint density at radius 2 is 1.90 bits per heavy atom. The van der Waals surface area contributed by atoms with Crippen molar-refractivity contribution in [2.24, 2.45) is 5.41 Å². The lowest BCUT2D eigenvalue weighted by molar-refractivity contribution is -0.734. The zero-order valence-electron chi connectivity index (χ0n) is 17.1. The minimum atomic E-state index is -0.575. The molecule has 0 spiro atoms. The van der Waals surface area contributed by atoms with E-state index in [0.717, 1.165) is 29.7 Å². The number of rotatable bonds is 3. The van der Waals surface area contributed by atoms with Gasteiger partial charge in [-0.2, -0.15) is 0 Å². The molecule has 2 N–H and O–H groups in total.